The summed E-state index contributed by atoms with van der Waals surface area (Å²) in [6.45, 7) is 0. The van der Waals surface area contributed by atoms with Crippen LogP contribution in [-0.4, -0.2) is 21.5 Å². The number of anilines is 2. The van der Waals surface area contributed by atoms with E-state index in [1.807, 2.05) is 0 Å². The van der Waals surface area contributed by atoms with Crippen LogP contribution in [0, 0.1) is 10.1 Å². The van der Waals surface area contributed by atoms with E-state index in [9.17, 15) is 14.9 Å². The average molecular weight is 301 g/mol. The molecule has 7 nitrogen and oxygen atoms in total. The Morgan fingerprint density at radius 3 is 2.74 bits per heavy atom. The zero-order valence-electron chi connectivity index (χ0n) is 10.0. The summed E-state index contributed by atoms with van der Waals surface area (Å²) in [6, 6.07) is 3.24. The van der Waals surface area contributed by atoms with Crippen molar-refractivity contribution < 1.29 is 4.92 Å². The molecule has 0 saturated heterocycles. The van der Waals surface area contributed by atoms with Gasteiger partial charge in [-0.1, -0.05) is 11.6 Å². The highest BCUT2D eigenvalue weighted by Gasteiger charge is 2.26. The summed E-state index contributed by atoms with van der Waals surface area (Å²) in [4.78, 5) is 27.0. The molecule has 2 rings (SSSR count). The predicted octanol–water partition coefficient (Wildman–Crippen LogP) is 2.17. The number of hydrogen-bond acceptors (Lipinski definition) is 6. The van der Waals surface area contributed by atoms with Gasteiger partial charge in [0.05, 0.1) is 16.8 Å². The highest BCUT2D eigenvalue weighted by molar-refractivity contribution is 7.13. The molecule has 0 spiro atoms. The lowest BCUT2D eigenvalue weighted by Crippen LogP contribution is -2.18. The lowest BCUT2D eigenvalue weighted by Gasteiger charge is -2.17. The minimum atomic E-state index is -0.568. The summed E-state index contributed by atoms with van der Waals surface area (Å²) in [7, 11) is 3.11. The Kier molecular flexibility index (Phi) is 3.54. The molecule has 0 aliphatic rings. The Bertz CT molecular complexity index is 679. The van der Waals surface area contributed by atoms with Gasteiger partial charge in [-0.05, 0) is 12.1 Å². The van der Waals surface area contributed by atoms with Crippen molar-refractivity contribution in [2.45, 2.75) is 0 Å². The van der Waals surface area contributed by atoms with Crippen LogP contribution < -0.4 is 9.77 Å². The second-order valence-corrected chi connectivity index (χ2v) is 5.04. The first kappa shape index (κ1) is 13.5. The van der Waals surface area contributed by atoms with Crippen LogP contribution >= 0.6 is 22.9 Å². The first-order valence-corrected chi connectivity index (χ1v) is 6.30. The number of nitrogens with zero attached hydrogens (tertiary/aromatic N) is 4. The van der Waals surface area contributed by atoms with E-state index in [1.54, 1.807) is 19.2 Å². The van der Waals surface area contributed by atoms with E-state index in [-0.39, 0.29) is 10.8 Å². The standard InChI is InChI=1S/C10H9ClN4O3S/c1-13(6-3-4-7(11)12-5-6)8-9(15(17)18)19-10(16)14(8)2/h3-5H,1-2H3. The topological polar surface area (TPSA) is 81.3 Å². The molecule has 2 aromatic rings. The maximum atomic E-state index is 11.6. The molecule has 2 heterocycles. The maximum Gasteiger partial charge on any atom is 0.369 e. The van der Waals surface area contributed by atoms with Crippen molar-refractivity contribution in [3.63, 3.8) is 0 Å². The van der Waals surface area contributed by atoms with Crippen LogP contribution in [0.4, 0.5) is 16.5 Å². The van der Waals surface area contributed by atoms with Crippen molar-refractivity contribution in [2.75, 3.05) is 11.9 Å². The van der Waals surface area contributed by atoms with Gasteiger partial charge < -0.3 is 4.90 Å². The van der Waals surface area contributed by atoms with E-state index < -0.39 is 9.80 Å². The van der Waals surface area contributed by atoms with Crippen molar-refractivity contribution >= 4 is 39.4 Å². The van der Waals surface area contributed by atoms with Crippen molar-refractivity contribution in [3.8, 4) is 0 Å². The molecule has 19 heavy (non-hydrogen) atoms. The molecule has 0 saturated carbocycles. The van der Waals surface area contributed by atoms with E-state index in [4.69, 9.17) is 11.6 Å². The fourth-order valence-electron chi connectivity index (χ4n) is 1.60. The molecule has 0 aliphatic carbocycles. The van der Waals surface area contributed by atoms with Crippen LogP contribution in [0.25, 0.3) is 0 Å². The van der Waals surface area contributed by atoms with Gasteiger partial charge in [0.25, 0.3) is 0 Å². The van der Waals surface area contributed by atoms with Crippen LogP contribution in [0.1, 0.15) is 0 Å². The molecule has 0 bridgehead atoms. The summed E-state index contributed by atoms with van der Waals surface area (Å²) in [6.07, 6.45) is 1.48. The minimum absolute atomic E-state index is 0.204. The van der Waals surface area contributed by atoms with Crippen LogP contribution in [0.2, 0.25) is 5.15 Å². The Morgan fingerprint density at radius 1 is 1.53 bits per heavy atom. The van der Waals surface area contributed by atoms with Crippen molar-refractivity contribution in [2.24, 2.45) is 7.05 Å². The van der Waals surface area contributed by atoms with Crippen LogP contribution in [0.15, 0.2) is 23.1 Å². The molecule has 0 aliphatic heterocycles. The van der Waals surface area contributed by atoms with Crippen LogP contribution in [0.3, 0.4) is 0 Å². The second kappa shape index (κ2) is 4.98. The van der Waals surface area contributed by atoms with Gasteiger partial charge in [0.2, 0.25) is 5.82 Å². The third-order valence-electron chi connectivity index (χ3n) is 2.55. The van der Waals surface area contributed by atoms with E-state index in [0.29, 0.717) is 22.2 Å². The Labute approximate surface area is 116 Å². The van der Waals surface area contributed by atoms with Crippen LogP contribution in [0.5, 0.6) is 0 Å². The van der Waals surface area contributed by atoms with Crippen LogP contribution in [-0.2, 0) is 7.05 Å². The maximum absolute atomic E-state index is 11.6. The van der Waals surface area contributed by atoms with Gasteiger partial charge >= 0.3 is 9.87 Å². The third-order valence-corrected chi connectivity index (χ3v) is 3.75. The Hall–Kier alpha value is -1.93. The van der Waals surface area contributed by atoms with Gasteiger partial charge in [-0.15, -0.1) is 0 Å². The van der Waals surface area contributed by atoms with Gasteiger partial charge in [0.1, 0.15) is 5.15 Å². The highest BCUT2D eigenvalue weighted by atomic mass is 35.5. The van der Waals surface area contributed by atoms with E-state index in [2.05, 4.69) is 4.98 Å². The van der Waals surface area contributed by atoms with Crippen molar-refractivity contribution in [1.82, 2.24) is 9.55 Å². The zero-order valence-corrected chi connectivity index (χ0v) is 11.6. The highest BCUT2D eigenvalue weighted by Crippen LogP contribution is 2.33. The Morgan fingerprint density at radius 2 is 2.21 bits per heavy atom. The van der Waals surface area contributed by atoms with Gasteiger partial charge in [0, 0.05) is 25.4 Å². The fraction of sp³-hybridized carbons (Fsp3) is 0.200. The molecule has 100 valence electrons. The van der Waals surface area contributed by atoms with E-state index in [1.165, 1.54) is 22.7 Å². The quantitative estimate of drug-likeness (QED) is 0.493. The number of aromatic nitrogens is 2. The van der Waals surface area contributed by atoms with Crippen molar-refractivity contribution in [3.05, 3.63) is 43.3 Å². The average Bonchev–Trinajstić information content (AvgIpc) is 2.66. The Balaban J connectivity index is 2.55. The summed E-state index contributed by atoms with van der Waals surface area (Å²) < 4.78 is 1.23. The minimum Gasteiger partial charge on any atom is -0.323 e. The first-order valence-electron chi connectivity index (χ1n) is 5.11. The molecule has 2 aromatic heterocycles. The number of nitro groups is 1. The predicted molar refractivity (Wildman–Crippen MR) is 73.5 cm³/mol. The molecule has 0 amide bonds. The molecule has 9 heteroatoms. The summed E-state index contributed by atoms with van der Waals surface area (Å²) in [5.41, 5.74) is 0.598. The number of thiazole rings is 1. The SMILES string of the molecule is CN(c1ccc(Cl)nc1)c1c([N+](=O)[O-])sc(=O)n1C. The number of pyridine rings is 1. The number of rotatable bonds is 3. The molecule has 0 radical (unpaired) electrons. The van der Waals surface area contributed by atoms with Gasteiger partial charge in [0.15, 0.2) is 0 Å². The van der Waals surface area contributed by atoms with E-state index >= 15 is 0 Å². The lowest BCUT2D eigenvalue weighted by molar-refractivity contribution is -0.379. The molecular weight excluding hydrogens is 292 g/mol. The molecular formula is C10H9ClN4O3S. The van der Waals surface area contributed by atoms with E-state index in [0.717, 1.165) is 0 Å². The third kappa shape index (κ3) is 2.45. The van der Waals surface area contributed by atoms with Gasteiger partial charge in [-0.3, -0.25) is 19.5 Å². The molecule has 0 N–H and O–H groups in total. The molecule has 0 atom stereocenters. The van der Waals surface area contributed by atoms with Crippen molar-refractivity contribution in [1.29, 1.82) is 0 Å². The smallest absolute Gasteiger partial charge is 0.323 e. The largest absolute Gasteiger partial charge is 0.369 e. The van der Waals surface area contributed by atoms with Gasteiger partial charge in [-0.2, -0.15) is 0 Å². The molecule has 0 fully saturated rings. The zero-order chi connectivity index (χ0) is 14.2. The molecule has 0 aromatic carbocycles. The summed E-state index contributed by atoms with van der Waals surface area (Å²) >= 11 is 6.28. The molecule has 0 unspecified atom stereocenters. The fourth-order valence-corrected chi connectivity index (χ4v) is 2.54. The van der Waals surface area contributed by atoms with Gasteiger partial charge in [-0.25, -0.2) is 4.98 Å². The summed E-state index contributed by atoms with van der Waals surface area (Å²) in [5.74, 6) is 0.212. The number of halogens is 1. The lowest BCUT2D eigenvalue weighted by atomic mass is 10.4. The first-order chi connectivity index (χ1) is 8.91. The second-order valence-electron chi connectivity index (χ2n) is 3.71. The normalized spacial score (nSPS) is 10.5. The monoisotopic (exact) mass is 300 g/mol. The number of hydrogen-bond donors (Lipinski definition) is 0. The summed E-state index contributed by atoms with van der Waals surface area (Å²) in [5, 5.41) is 11.1.